The van der Waals surface area contributed by atoms with Crippen LogP contribution in [0.25, 0.3) is 0 Å². The Balaban J connectivity index is 1.99. The maximum absolute atomic E-state index is 11.7. The average Bonchev–Trinajstić information content (AvgIpc) is 2.38. The topological polar surface area (TPSA) is 46.2 Å². The molecule has 0 heterocycles. The molecule has 106 valence electrons. The Morgan fingerprint density at radius 1 is 1.26 bits per heavy atom. The van der Waals surface area contributed by atoms with Gasteiger partial charge < -0.3 is 5.32 Å². The number of thioether (sulfide) groups is 1. The van der Waals surface area contributed by atoms with Crippen molar-refractivity contribution in [3.63, 3.8) is 0 Å². The van der Waals surface area contributed by atoms with Crippen LogP contribution in [0.2, 0.25) is 0 Å². The van der Waals surface area contributed by atoms with Crippen LogP contribution in [0.3, 0.4) is 0 Å². The maximum atomic E-state index is 11.7. The van der Waals surface area contributed by atoms with Crippen LogP contribution in [-0.2, 0) is 9.84 Å². The van der Waals surface area contributed by atoms with Crippen molar-refractivity contribution in [2.45, 2.75) is 35.8 Å². The molecule has 0 bridgehead atoms. The van der Waals surface area contributed by atoms with Crippen molar-refractivity contribution in [3.8, 4) is 0 Å². The number of benzene rings is 1. The lowest BCUT2D eigenvalue weighted by atomic mass is 9.84. The standard InChI is InChI=1S/C14H21NO2S2/c1-3-19(16,17)13-7-5-12(6-8-13)15-11-14(18-2)9-4-10-14/h5-8,15H,3-4,9-11H2,1-2H3. The lowest BCUT2D eigenvalue weighted by molar-refractivity contribution is 0.380. The average molecular weight is 299 g/mol. The van der Waals surface area contributed by atoms with Crippen molar-refractivity contribution in [3.05, 3.63) is 24.3 Å². The first kappa shape index (κ1) is 14.7. The van der Waals surface area contributed by atoms with E-state index in [1.807, 2.05) is 23.9 Å². The van der Waals surface area contributed by atoms with E-state index in [4.69, 9.17) is 0 Å². The van der Waals surface area contributed by atoms with E-state index in [-0.39, 0.29) is 5.75 Å². The van der Waals surface area contributed by atoms with Gasteiger partial charge in [0.05, 0.1) is 10.6 Å². The number of hydrogen-bond acceptors (Lipinski definition) is 4. The van der Waals surface area contributed by atoms with Crippen molar-refractivity contribution in [2.75, 3.05) is 23.9 Å². The molecule has 0 spiro atoms. The lowest BCUT2D eigenvalue weighted by Crippen LogP contribution is -2.40. The summed E-state index contributed by atoms with van der Waals surface area (Å²) in [7, 11) is -3.09. The van der Waals surface area contributed by atoms with Gasteiger partial charge in [-0.15, -0.1) is 0 Å². The molecule has 19 heavy (non-hydrogen) atoms. The minimum Gasteiger partial charge on any atom is -0.384 e. The van der Waals surface area contributed by atoms with Gasteiger partial charge in [-0.2, -0.15) is 11.8 Å². The summed E-state index contributed by atoms with van der Waals surface area (Å²) in [6, 6.07) is 7.09. The van der Waals surface area contributed by atoms with Gasteiger partial charge in [-0.25, -0.2) is 8.42 Å². The van der Waals surface area contributed by atoms with Crippen molar-refractivity contribution in [2.24, 2.45) is 0 Å². The summed E-state index contributed by atoms with van der Waals surface area (Å²) < 4.78 is 23.8. The third-order valence-corrected chi connectivity index (χ3v) is 7.08. The number of hydrogen-bond donors (Lipinski definition) is 1. The number of anilines is 1. The van der Waals surface area contributed by atoms with Crippen LogP contribution in [0, 0.1) is 0 Å². The highest BCUT2D eigenvalue weighted by Gasteiger charge is 2.35. The quantitative estimate of drug-likeness (QED) is 0.876. The Hall–Kier alpha value is -0.680. The van der Waals surface area contributed by atoms with Gasteiger partial charge in [0, 0.05) is 17.0 Å². The van der Waals surface area contributed by atoms with Gasteiger partial charge >= 0.3 is 0 Å². The van der Waals surface area contributed by atoms with E-state index >= 15 is 0 Å². The zero-order valence-electron chi connectivity index (χ0n) is 11.5. The first-order chi connectivity index (χ1) is 9.01. The highest BCUT2D eigenvalue weighted by molar-refractivity contribution is 8.00. The van der Waals surface area contributed by atoms with Gasteiger partial charge in [0.15, 0.2) is 9.84 Å². The monoisotopic (exact) mass is 299 g/mol. The number of rotatable bonds is 6. The minimum absolute atomic E-state index is 0.148. The smallest absolute Gasteiger partial charge is 0.178 e. The highest BCUT2D eigenvalue weighted by Crippen LogP contribution is 2.42. The molecule has 1 aliphatic rings. The van der Waals surface area contributed by atoms with E-state index in [0.29, 0.717) is 9.64 Å². The van der Waals surface area contributed by atoms with Crippen LogP contribution < -0.4 is 5.32 Å². The Morgan fingerprint density at radius 3 is 2.32 bits per heavy atom. The van der Waals surface area contributed by atoms with Gasteiger partial charge in [-0.3, -0.25) is 0 Å². The van der Waals surface area contributed by atoms with Gasteiger partial charge in [0.2, 0.25) is 0 Å². The summed E-state index contributed by atoms with van der Waals surface area (Å²) in [6.45, 7) is 2.62. The molecule has 5 heteroatoms. The fraction of sp³-hybridized carbons (Fsp3) is 0.571. The summed E-state index contributed by atoms with van der Waals surface area (Å²) >= 11 is 1.93. The van der Waals surface area contributed by atoms with E-state index in [1.54, 1.807) is 19.1 Å². The fourth-order valence-corrected chi connectivity index (χ4v) is 4.03. The van der Waals surface area contributed by atoms with Crippen LogP contribution in [0.4, 0.5) is 5.69 Å². The van der Waals surface area contributed by atoms with Crippen LogP contribution in [0.5, 0.6) is 0 Å². The molecule has 1 aromatic rings. The van der Waals surface area contributed by atoms with Gasteiger partial charge in [0.1, 0.15) is 0 Å². The second kappa shape index (κ2) is 5.75. The molecule has 0 atom stereocenters. The largest absolute Gasteiger partial charge is 0.384 e. The summed E-state index contributed by atoms with van der Waals surface area (Å²) in [4.78, 5) is 0.406. The summed E-state index contributed by atoms with van der Waals surface area (Å²) in [6.07, 6.45) is 6.01. The molecule has 0 amide bonds. The molecule has 0 radical (unpaired) electrons. The van der Waals surface area contributed by atoms with E-state index in [2.05, 4.69) is 11.6 Å². The zero-order chi connectivity index (χ0) is 13.9. The molecule has 0 saturated heterocycles. The molecule has 0 aliphatic heterocycles. The fourth-order valence-electron chi connectivity index (χ4n) is 2.23. The second-order valence-corrected chi connectivity index (χ2v) is 8.57. The van der Waals surface area contributed by atoms with E-state index < -0.39 is 9.84 Å². The number of sulfone groups is 1. The predicted octanol–water partition coefficient (Wildman–Crippen LogP) is 3.18. The number of nitrogens with one attached hydrogen (secondary N) is 1. The molecular formula is C14H21NO2S2. The Labute approximate surface area is 120 Å². The Kier molecular flexibility index (Phi) is 4.46. The minimum atomic E-state index is -3.09. The third-order valence-electron chi connectivity index (χ3n) is 3.91. The SMILES string of the molecule is CCS(=O)(=O)c1ccc(NCC2(SC)CCC2)cc1. The molecule has 1 N–H and O–H groups in total. The van der Waals surface area contributed by atoms with E-state index in [9.17, 15) is 8.42 Å². The normalized spacial score (nSPS) is 17.8. The van der Waals surface area contributed by atoms with Gasteiger partial charge in [-0.1, -0.05) is 13.3 Å². The van der Waals surface area contributed by atoms with Crippen molar-refractivity contribution in [1.82, 2.24) is 0 Å². The van der Waals surface area contributed by atoms with Crippen LogP contribution >= 0.6 is 11.8 Å². The summed E-state index contributed by atoms with van der Waals surface area (Å²) in [5, 5.41) is 3.42. The molecule has 0 unspecified atom stereocenters. The van der Waals surface area contributed by atoms with Crippen LogP contribution in [-0.4, -0.2) is 31.7 Å². The predicted molar refractivity (Wildman–Crippen MR) is 82.8 cm³/mol. The molecule has 1 aliphatic carbocycles. The second-order valence-electron chi connectivity index (χ2n) is 5.02. The zero-order valence-corrected chi connectivity index (χ0v) is 13.1. The molecular weight excluding hydrogens is 278 g/mol. The Morgan fingerprint density at radius 2 is 1.89 bits per heavy atom. The molecule has 3 nitrogen and oxygen atoms in total. The first-order valence-electron chi connectivity index (χ1n) is 6.63. The van der Waals surface area contributed by atoms with Crippen molar-refractivity contribution < 1.29 is 8.42 Å². The molecule has 1 fully saturated rings. The first-order valence-corrected chi connectivity index (χ1v) is 9.51. The van der Waals surface area contributed by atoms with Crippen molar-refractivity contribution in [1.29, 1.82) is 0 Å². The lowest BCUT2D eigenvalue weighted by Gasteiger charge is -2.40. The van der Waals surface area contributed by atoms with E-state index in [1.165, 1.54) is 19.3 Å². The van der Waals surface area contributed by atoms with Crippen LogP contribution in [0.1, 0.15) is 26.2 Å². The van der Waals surface area contributed by atoms with Gasteiger partial charge in [-0.05, 0) is 43.4 Å². The Bertz CT molecular complexity index is 513. The maximum Gasteiger partial charge on any atom is 0.178 e. The highest BCUT2D eigenvalue weighted by atomic mass is 32.2. The molecule has 1 aromatic carbocycles. The van der Waals surface area contributed by atoms with Crippen LogP contribution in [0.15, 0.2) is 29.2 Å². The third kappa shape index (κ3) is 3.26. The van der Waals surface area contributed by atoms with Crippen molar-refractivity contribution >= 4 is 27.3 Å². The molecule has 1 saturated carbocycles. The van der Waals surface area contributed by atoms with E-state index in [0.717, 1.165) is 12.2 Å². The molecule has 2 rings (SSSR count). The van der Waals surface area contributed by atoms with Gasteiger partial charge in [0.25, 0.3) is 0 Å². The summed E-state index contributed by atoms with van der Waals surface area (Å²) in [5.74, 6) is 0.148. The molecule has 0 aromatic heterocycles. The summed E-state index contributed by atoms with van der Waals surface area (Å²) in [5.41, 5.74) is 0.996.